The zero-order valence-corrected chi connectivity index (χ0v) is 9.54. The van der Waals surface area contributed by atoms with E-state index in [1.54, 1.807) is 6.92 Å². The van der Waals surface area contributed by atoms with Gasteiger partial charge in [-0.1, -0.05) is 6.92 Å². The van der Waals surface area contributed by atoms with Crippen LogP contribution in [0.25, 0.3) is 0 Å². The Bertz CT molecular complexity index is 396. The van der Waals surface area contributed by atoms with E-state index in [1.165, 1.54) is 0 Å². The molecule has 0 amide bonds. The Morgan fingerprint density at radius 3 is 2.31 bits per heavy atom. The molecule has 0 radical (unpaired) electrons. The van der Waals surface area contributed by atoms with Crippen LogP contribution in [0.1, 0.15) is 13.3 Å². The molecule has 78 valence electrons. The van der Waals surface area contributed by atoms with Crippen molar-refractivity contribution in [3.63, 3.8) is 0 Å². The van der Waals surface area contributed by atoms with Crippen LogP contribution in [0, 0.1) is 5.41 Å². The second-order valence-electron chi connectivity index (χ2n) is 3.84. The maximum Gasteiger partial charge on any atom is 0.233 e. The summed E-state index contributed by atoms with van der Waals surface area (Å²) < 4.78 is 43.7. The average molecular weight is 247 g/mol. The Hall–Kier alpha value is 0.190. The molecule has 0 aromatic heterocycles. The highest BCUT2D eigenvalue weighted by molar-refractivity contribution is 8.13. The molecule has 1 aliphatic heterocycles. The summed E-state index contributed by atoms with van der Waals surface area (Å²) >= 11 is 0. The first-order chi connectivity index (χ1) is 5.62. The molecule has 1 unspecified atom stereocenters. The fourth-order valence-corrected chi connectivity index (χ4v) is 5.86. The molecule has 1 aliphatic rings. The van der Waals surface area contributed by atoms with E-state index in [4.69, 9.17) is 10.7 Å². The SMILES string of the molecule is CC1(CS(=O)(=O)Cl)CCS(=O)(=O)C1. The summed E-state index contributed by atoms with van der Waals surface area (Å²) in [6.45, 7) is 1.64. The smallest absolute Gasteiger partial charge is 0.229 e. The van der Waals surface area contributed by atoms with Gasteiger partial charge in [-0.05, 0) is 11.8 Å². The maximum absolute atomic E-state index is 11.1. The van der Waals surface area contributed by atoms with Crippen molar-refractivity contribution >= 4 is 29.6 Å². The van der Waals surface area contributed by atoms with Gasteiger partial charge in [-0.3, -0.25) is 0 Å². The molecule has 0 spiro atoms. The molecule has 0 aromatic rings. The van der Waals surface area contributed by atoms with Crippen LogP contribution in [0.5, 0.6) is 0 Å². The van der Waals surface area contributed by atoms with Crippen LogP contribution in [0.4, 0.5) is 0 Å². The Morgan fingerprint density at radius 2 is 2.00 bits per heavy atom. The van der Waals surface area contributed by atoms with Crippen molar-refractivity contribution in [3.8, 4) is 0 Å². The van der Waals surface area contributed by atoms with Gasteiger partial charge in [0.1, 0.15) is 0 Å². The molecule has 7 heteroatoms. The van der Waals surface area contributed by atoms with Gasteiger partial charge in [-0.15, -0.1) is 0 Å². The van der Waals surface area contributed by atoms with Crippen LogP contribution in [-0.2, 0) is 18.9 Å². The van der Waals surface area contributed by atoms with E-state index >= 15 is 0 Å². The predicted octanol–water partition coefficient (Wildman–Crippen LogP) is 0.380. The van der Waals surface area contributed by atoms with Gasteiger partial charge in [0.15, 0.2) is 9.84 Å². The van der Waals surface area contributed by atoms with E-state index in [2.05, 4.69) is 0 Å². The molecule has 0 N–H and O–H groups in total. The van der Waals surface area contributed by atoms with E-state index in [1.807, 2.05) is 0 Å². The topological polar surface area (TPSA) is 68.3 Å². The molecule has 0 bridgehead atoms. The number of hydrogen-bond donors (Lipinski definition) is 0. The van der Waals surface area contributed by atoms with E-state index in [0.29, 0.717) is 6.42 Å². The van der Waals surface area contributed by atoms with Crippen molar-refractivity contribution < 1.29 is 16.8 Å². The fourth-order valence-electron chi connectivity index (χ4n) is 1.61. The third-order valence-electron chi connectivity index (χ3n) is 2.11. The predicted molar refractivity (Wildman–Crippen MR) is 51.0 cm³/mol. The molecular formula is C6H11ClO4S2. The molecule has 0 aliphatic carbocycles. The van der Waals surface area contributed by atoms with Crippen LogP contribution >= 0.6 is 10.7 Å². The average Bonchev–Trinajstić information content (AvgIpc) is 2.00. The highest BCUT2D eigenvalue weighted by Crippen LogP contribution is 2.33. The minimum atomic E-state index is -3.61. The van der Waals surface area contributed by atoms with Crippen molar-refractivity contribution in [1.82, 2.24) is 0 Å². The van der Waals surface area contributed by atoms with Gasteiger partial charge in [-0.2, -0.15) is 0 Å². The highest BCUT2D eigenvalue weighted by atomic mass is 35.7. The van der Waals surface area contributed by atoms with Crippen molar-refractivity contribution in [3.05, 3.63) is 0 Å². The molecule has 1 rings (SSSR count). The third kappa shape index (κ3) is 3.44. The van der Waals surface area contributed by atoms with Crippen LogP contribution < -0.4 is 0 Å². The summed E-state index contributed by atoms with van der Waals surface area (Å²) in [7, 11) is -1.58. The van der Waals surface area contributed by atoms with Crippen molar-refractivity contribution in [2.75, 3.05) is 17.3 Å². The minimum Gasteiger partial charge on any atom is -0.229 e. The molecular weight excluding hydrogens is 236 g/mol. The van der Waals surface area contributed by atoms with Crippen LogP contribution in [0.2, 0.25) is 0 Å². The Labute approximate surface area is 82.6 Å². The first-order valence-corrected chi connectivity index (χ1v) is 8.05. The molecule has 0 aromatic carbocycles. The van der Waals surface area contributed by atoms with Crippen molar-refractivity contribution in [2.24, 2.45) is 5.41 Å². The molecule has 1 saturated heterocycles. The number of hydrogen-bond acceptors (Lipinski definition) is 4. The lowest BCUT2D eigenvalue weighted by atomic mass is 9.93. The highest BCUT2D eigenvalue weighted by Gasteiger charge is 2.41. The Morgan fingerprint density at radius 1 is 1.46 bits per heavy atom. The van der Waals surface area contributed by atoms with Gasteiger partial charge in [0.2, 0.25) is 9.05 Å². The van der Waals surface area contributed by atoms with Gasteiger partial charge in [0, 0.05) is 10.7 Å². The van der Waals surface area contributed by atoms with Crippen LogP contribution in [0.3, 0.4) is 0 Å². The largest absolute Gasteiger partial charge is 0.233 e. The number of rotatable bonds is 2. The molecule has 1 heterocycles. The van der Waals surface area contributed by atoms with E-state index < -0.39 is 24.3 Å². The van der Waals surface area contributed by atoms with E-state index in [9.17, 15) is 16.8 Å². The summed E-state index contributed by atoms with van der Waals surface area (Å²) in [4.78, 5) is 0. The summed E-state index contributed by atoms with van der Waals surface area (Å²) in [6.07, 6.45) is 0.376. The zero-order valence-electron chi connectivity index (χ0n) is 7.16. The normalized spacial score (nSPS) is 33.4. The monoisotopic (exact) mass is 246 g/mol. The van der Waals surface area contributed by atoms with Gasteiger partial charge in [-0.25, -0.2) is 16.8 Å². The molecule has 1 fully saturated rings. The minimum absolute atomic E-state index is 0.0654. The molecule has 4 nitrogen and oxygen atoms in total. The Kier molecular flexibility index (Phi) is 2.69. The van der Waals surface area contributed by atoms with E-state index in [0.717, 1.165) is 0 Å². The third-order valence-corrected chi connectivity index (χ3v) is 5.44. The molecule has 1 atom stereocenters. The first-order valence-electron chi connectivity index (χ1n) is 3.75. The summed E-state index contributed by atoms with van der Waals surface area (Å²) in [6, 6.07) is 0. The van der Waals surface area contributed by atoms with Gasteiger partial charge in [0.05, 0.1) is 17.3 Å². The second kappa shape index (κ2) is 3.10. The van der Waals surface area contributed by atoms with E-state index in [-0.39, 0.29) is 17.3 Å². The summed E-state index contributed by atoms with van der Waals surface area (Å²) in [5.74, 6) is -0.275. The lowest BCUT2D eigenvalue weighted by Crippen LogP contribution is -2.26. The van der Waals surface area contributed by atoms with Crippen molar-refractivity contribution in [2.45, 2.75) is 13.3 Å². The maximum atomic E-state index is 11.1. The molecule has 13 heavy (non-hydrogen) atoms. The molecule has 0 saturated carbocycles. The van der Waals surface area contributed by atoms with Gasteiger partial charge in [0.25, 0.3) is 0 Å². The summed E-state index contributed by atoms with van der Waals surface area (Å²) in [5.41, 5.74) is -0.695. The second-order valence-corrected chi connectivity index (χ2v) is 8.80. The first kappa shape index (κ1) is 11.3. The standard InChI is InChI=1S/C6H11ClO4S2/c1-6(5-13(7,10)11)2-3-12(8,9)4-6/h2-5H2,1H3. The lowest BCUT2D eigenvalue weighted by Gasteiger charge is -2.18. The van der Waals surface area contributed by atoms with Gasteiger partial charge < -0.3 is 0 Å². The van der Waals surface area contributed by atoms with Gasteiger partial charge >= 0.3 is 0 Å². The number of halogens is 1. The van der Waals surface area contributed by atoms with Crippen LogP contribution in [-0.4, -0.2) is 34.1 Å². The number of sulfone groups is 1. The Balaban J connectivity index is 2.83. The van der Waals surface area contributed by atoms with Crippen LogP contribution in [0.15, 0.2) is 0 Å². The van der Waals surface area contributed by atoms with Crippen molar-refractivity contribution in [1.29, 1.82) is 0 Å². The lowest BCUT2D eigenvalue weighted by molar-refractivity contribution is 0.426. The zero-order chi connectivity index (χ0) is 10.3. The fraction of sp³-hybridized carbons (Fsp3) is 1.00. The quantitative estimate of drug-likeness (QED) is 0.661. The summed E-state index contributed by atoms with van der Waals surface area (Å²) in [5, 5.41) is 0.